The molecule has 0 saturated carbocycles. The molecule has 0 unspecified atom stereocenters. The van der Waals surface area contributed by atoms with Crippen LogP contribution in [0.4, 0.5) is 19.0 Å². The van der Waals surface area contributed by atoms with Gasteiger partial charge in [0.25, 0.3) is 5.82 Å². The van der Waals surface area contributed by atoms with Crippen LogP contribution < -0.4 is 4.90 Å². The van der Waals surface area contributed by atoms with E-state index in [1.807, 2.05) is 23.2 Å². The Morgan fingerprint density at radius 1 is 0.966 bits per heavy atom. The minimum absolute atomic E-state index is 0.0825. The Hall–Kier alpha value is -3.14. The Morgan fingerprint density at radius 3 is 2.55 bits per heavy atom. The van der Waals surface area contributed by atoms with Crippen molar-refractivity contribution in [3.8, 4) is 0 Å². The average Bonchev–Trinajstić information content (AvgIpc) is 3.32. The number of halogens is 3. The second-order valence-electron chi connectivity index (χ2n) is 7.11. The van der Waals surface area contributed by atoms with Crippen molar-refractivity contribution in [3.05, 3.63) is 54.0 Å². The molecule has 0 bridgehead atoms. The molecule has 0 radical (unpaired) electrons. The van der Waals surface area contributed by atoms with Gasteiger partial charge in [-0.25, -0.2) is 0 Å². The van der Waals surface area contributed by atoms with Crippen molar-refractivity contribution in [2.45, 2.75) is 12.7 Å². The van der Waals surface area contributed by atoms with Crippen LogP contribution in [0.3, 0.4) is 0 Å². The molecule has 29 heavy (non-hydrogen) atoms. The van der Waals surface area contributed by atoms with Gasteiger partial charge in [0.2, 0.25) is 0 Å². The van der Waals surface area contributed by atoms with Crippen LogP contribution in [0.2, 0.25) is 0 Å². The molecular formula is C19H18F3N7. The number of nitrogens with zero attached hydrogens (tertiary/aromatic N) is 6. The monoisotopic (exact) mass is 401 g/mol. The quantitative estimate of drug-likeness (QED) is 0.572. The normalized spacial score (nSPS) is 16.2. The van der Waals surface area contributed by atoms with Gasteiger partial charge in [0.15, 0.2) is 5.65 Å². The zero-order valence-corrected chi connectivity index (χ0v) is 15.4. The van der Waals surface area contributed by atoms with E-state index in [1.54, 1.807) is 6.07 Å². The summed E-state index contributed by atoms with van der Waals surface area (Å²) < 4.78 is 40.0. The van der Waals surface area contributed by atoms with Gasteiger partial charge in [0.1, 0.15) is 5.82 Å². The van der Waals surface area contributed by atoms with E-state index in [0.717, 1.165) is 29.7 Å². The highest BCUT2D eigenvalue weighted by Gasteiger charge is 2.37. The number of para-hydroxylation sites is 1. The van der Waals surface area contributed by atoms with Gasteiger partial charge in [-0.1, -0.05) is 18.2 Å². The summed E-state index contributed by atoms with van der Waals surface area (Å²) in [6.07, 6.45) is -2.56. The van der Waals surface area contributed by atoms with E-state index in [4.69, 9.17) is 0 Å². The second kappa shape index (κ2) is 6.73. The minimum atomic E-state index is -4.59. The van der Waals surface area contributed by atoms with E-state index in [1.165, 1.54) is 17.0 Å². The largest absolute Gasteiger partial charge is 0.453 e. The van der Waals surface area contributed by atoms with Gasteiger partial charge in [-0.15, -0.1) is 15.3 Å². The molecule has 0 amide bonds. The van der Waals surface area contributed by atoms with Crippen LogP contribution in [0.15, 0.2) is 42.6 Å². The number of piperazine rings is 1. The Balaban J connectivity index is 1.30. The summed E-state index contributed by atoms with van der Waals surface area (Å²) in [7, 11) is 0. The highest BCUT2D eigenvalue weighted by molar-refractivity contribution is 5.82. The van der Waals surface area contributed by atoms with Gasteiger partial charge in [-0.3, -0.25) is 4.90 Å². The van der Waals surface area contributed by atoms with Crippen LogP contribution in [-0.2, 0) is 12.7 Å². The standard InChI is InChI=1S/C19H18F3N7/c20-19(21,22)18-25-24-16-5-6-17(26-29(16)18)28-9-7-27(8-10-28)12-13-11-23-15-4-2-1-3-14(13)15/h1-6,11,23H,7-10,12H2. The number of alkyl halides is 3. The molecule has 1 aromatic carbocycles. The number of benzene rings is 1. The predicted molar refractivity (Wildman–Crippen MR) is 102 cm³/mol. The molecule has 1 aliphatic rings. The Labute approximate surface area is 163 Å². The maximum absolute atomic E-state index is 13.1. The molecule has 5 rings (SSSR count). The highest BCUT2D eigenvalue weighted by Crippen LogP contribution is 2.28. The van der Waals surface area contributed by atoms with Crippen LogP contribution >= 0.6 is 0 Å². The molecule has 4 heterocycles. The smallest absolute Gasteiger partial charge is 0.361 e. The van der Waals surface area contributed by atoms with E-state index in [2.05, 4.69) is 37.3 Å². The van der Waals surface area contributed by atoms with E-state index in [0.29, 0.717) is 18.9 Å². The predicted octanol–water partition coefficient (Wildman–Crippen LogP) is 2.95. The SMILES string of the molecule is FC(F)(F)c1nnc2ccc(N3CCN(Cc4c[nH]c5ccccc45)CC3)nn12. The van der Waals surface area contributed by atoms with Crippen molar-refractivity contribution in [2.75, 3.05) is 31.1 Å². The van der Waals surface area contributed by atoms with Gasteiger partial charge in [-0.2, -0.15) is 17.7 Å². The summed E-state index contributed by atoms with van der Waals surface area (Å²) in [5.41, 5.74) is 2.44. The highest BCUT2D eigenvalue weighted by atomic mass is 19.4. The number of hydrogen-bond donors (Lipinski definition) is 1. The topological polar surface area (TPSA) is 65.4 Å². The van der Waals surface area contributed by atoms with Crippen LogP contribution in [0.1, 0.15) is 11.4 Å². The molecule has 150 valence electrons. The molecule has 10 heteroatoms. The molecule has 0 spiro atoms. The third-order valence-electron chi connectivity index (χ3n) is 5.27. The van der Waals surface area contributed by atoms with Crippen molar-refractivity contribution in [3.63, 3.8) is 0 Å². The molecule has 4 aromatic rings. The molecule has 1 N–H and O–H groups in total. The second-order valence-corrected chi connectivity index (χ2v) is 7.11. The number of anilines is 1. The van der Waals surface area contributed by atoms with Crippen molar-refractivity contribution in [2.24, 2.45) is 0 Å². The van der Waals surface area contributed by atoms with Crippen molar-refractivity contribution in [1.82, 2.24) is 29.7 Å². The summed E-state index contributed by atoms with van der Waals surface area (Å²) in [5.74, 6) is -0.609. The molecule has 0 aliphatic carbocycles. The van der Waals surface area contributed by atoms with E-state index < -0.39 is 12.0 Å². The minimum Gasteiger partial charge on any atom is -0.361 e. The number of nitrogens with one attached hydrogen (secondary N) is 1. The molecule has 1 fully saturated rings. The number of rotatable bonds is 3. The molecular weight excluding hydrogens is 383 g/mol. The fourth-order valence-corrected chi connectivity index (χ4v) is 3.76. The molecule has 1 saturated heterocycles. The van der Waals surface area contributed by atoms with Gasteiger partial charge in [0, 0.05) is 49.8 Å². The van der Waals surface area contributed by atoms with E-state index in [9.17, 15) is 13.2 Å². The zero-order chi connectivity index (χ0) is 20.0. The first-order chi connectivity index (χ1) is 14.0. The first kappa shape index (κ1) is 17.9. The summed E-state index contributed by atoms with van der Waals surface area (Å²) in [4.78, 5) is 7.62. The first-order valence-electron chi connectivity index (χ1n) is 9.31. The maximum Gasteiger partial charge on any atom is 0.453 e. The number of aromatic amines is 1. The summed E-state index contributed by atoms with van der Waals surface area (Å²) in [6.45, 7) is 3.80. The summed E-state index contributed by atoms with van der Waals surface area (Å²) in [6, 6.07) is 11.4. The fourth-order valence-electron chi connectivity index (χ4n) is 3.76. The van der Waals surface area contributed by atoms with Crippen molar-refractivity contribution >= 4 is 22.4 Å². The van der Waals surface area contributed by atoms with E-state index >= 15 is 0 Å². The third kappa shape index (κ3) is 3.29. The van der Waals surface area contributed by atoms with Gasteiger partial charge in [-0.05, 0) is 23.8 Å². The number of hydrogen-bond acceptors (Lipinski definition) is 5. The Morgan fingerprint density at radius 2 is 1.76 bits per heavy atom. The lowest BCUT2D eigenvalue weighted by molar-refractivity contribution is -0.146. The lowest BCUT2D eigenvalue weighted by Gasteiger charge is -2.35. The Kier molecular flexibility index (Phi) is 4.16. The zero-order valence-electron chi connectivity index (χ0n) is 15.4. The first-order valence-corrected chi connectivity index (χ1v) is 9.31. The molecule has 1 aliphatic heterocycles. The number of H-pyrrole nitrogens is 1. The van der Waals surface area contributed by atoms with Gasteiger partial charge >= 0.3 is 6.18 Å². The van der Waals surface area contributed by atoms with E-state index in [-0.39, 0.29) is 5.65 Å². The maximum atomic E-state index is 13.1. The van der Waals surface area contributed by atoms with Crippen LogP contribution in [-0.4, -0.2) is 55.9 Å². The van der Waals surface area contributed by atoms with Crippen LogP contribution in [0.25, 0.3) is 16.6 Å². The van der Waals surface area contributed by atoms with Gasteiger partial charge in [0.05, 0.1) is 0 Å². The lowest BCUT2D eigenvalue weighted by atomic mass is 10.1. The summed E-state index contributed by atoms with van der Waals surface area (Å²) in [5, 5.41) is 12.1. The summed E-state index contributed by atoms with van der Waals surface area (Å²) >= 11 is 0. The third-order valence-corrected chi connectivity index (χ3v) is 5.27. The van der Waals surface area contributed by atoms with Crippen LogP contribution in [0, 0.1) is 0 Å². The van der Waals surface area contributed by atoms with Crippen LogP contribution in [0.5, 0.6) is 0 Å². The lowest BCUT2D eigenvalue weighted by Crippen LogP contribution is -2.46. The number of fused-ring (bicyclic) bond motifs is 2. The Bertz CT molecular complexity index is 1160. The molecule has 0 atom stereocenters. The van der Waals surface area contributed by atoms with Gasteiger partial charge < -0.3 is 9.88 Å². The number of aromatic nitrogens is 5. The van der Waals surface area contributed by atoms with Crippen molar-refractivity contribution < 1.29 is 13.2 Å². The molecule has 3 aromatic heterocycles. The fraction of sp³-hybridized carbons (Fsp3) is 0.316. The molecule has 7 nitrogen and oxygen atoms in total. The van der Waals surface area contributed by atoms with Crippen molar-refractivity contribution in [1.29, 1.82) is 0 Å². The average molecular weight is 401 g/mol.